The molecule has 3 N–H and O–H groups in total. The second-order valence-corrected chi connectivity index (χ2v) is 4.08. The van der Waals surface area contributed by atoms with Gasteiger partial charge < -0.3 is 20.5 Å². The molecule has 1 rings (SSSR count). The Bertz CT molecular complexity index is 203. The molecule has 1 amide bonds. The van der Waals surface area contributed by atoms with Crippen molar-refractivity contribution >= 4 is 5.91 Å². The molecule has 1 aliphatic heterocycles. The Morgan fingerprint density at radius 1 is 1.53 bits per heavy atom. The summed E-state index contributed by atoms with van der Waals surface area (Å²) in [6, 6.07) is -0.450. The second kappa shape index (κ2) is 6.05. The first-order valence-electron chi connectivity index (χ1n) is 5.34. The maximum Gasteiger partial charge on any atom is 0.237 e. The van der Waals surface area contributed by atoms with E-state index in [0.717, 1.165) is 0 Å². The van der Waals surface area contributed by atoms with E-state index in [1.165, 1.54) is 0 Å². The van der Waals surface area contributed by atoms with Crippen LogP contribution < -0.4 is 11.1 Å². The lowest BCUT2D eigenvalue weighted by Crippen LogP contribution is -2.48. The van der Waals surface area contributed by atoms with Crippen molar-refractivity contribution in [3.8, 4) is 0 Å². The normalized spacial score (nSPS) is 23.9. The number of amides is 1. The summed E-state index contributed by atoms with van der Waals surface area (Å²) < 4.78 is 10.6. The lowest BCUT2D eigenvalue weighted by Gasteiger charge is -2.24. The molecule has 5 nitrogen and oxygen atoms in total. The van der Waals surface area contributed by atoms with Gasteiger partial charge in [0.15, 0.2) is 0 Å². The van der Waals surface area contributed by atoms with Gasteiger partial charge in [-0.25, -0.2) is 0 Å². The highest BCUT2D eigenvalue weighted by Gasteiger charge is 2.19. The molecule has 0 bridgehead atoms. The molecule has 2 atom stereocenters. The fourth-order valence-electron chi connectivity index (χ4n) is 1.29. The number of carbonyl (C=O) groups is 1. The first kappa shape index (κ1) is 12.4. The van der Waals surface area contributed by atoms with Crippen molar-refractivity contribution in [3.05, 3.63) is 0 Å². The topological polar surface area (TPSA) is 73.6 Å². The Hall–Kier alpha value is -0.650. The number of hydrogen-bond acceptors (Lipinski definition) is 4. The summed E-state index contributed by atoms with van der Waals surface area (Å²) in [5.41, 5.74) is 5.69. The summed E-state index contributed by atoms with van der Waals surface area (Å²) >= 11 is 0. The Labute approximate surface area is 90.3 Å². The van der Waals surface area contributed by atoms with Crippen LogP contribution in [0.1, 0.15) is 13.8 Å². The molecule has 0 saturated carbocycles. The van der Waals surface area contributed by atoms with Crippen LogP contribution in [-0.2, 0) is 14.3 Å². The van der Waals surface area contributed by atoms with E-state index in [1.807, 2.05) is 13.8 Å². The average Bonchev–Trinajstić information content (AvgIpc) is 2.26. The van der Waals surface area contributed by atoms with Crippen molar-refractivity contribution in [2.45, 2.75) is 26.0 Å². The van der Waals surface area contributed by atoms with E-state index >= 15 is 0 Å². The molecule has 5 heteroatoms. The second-order valence-electron chi connectivity index (χ2n) is 4.08. The third kappa shape index (κ3) is 4.15. The molecule has 0 radical (unpaired) electrons. The van der Waals surface area contributed by atoms with Crippen LogP contribution in [0.15, 0.2) is 0 Å². The van der Waals surface area contributed by atoms with Crippen LogP contribution in [0.25, 0.3) is 0 Å². The summed E-state index contributed by atoms with van der Waals surface area (Å²) in [6.45, 7) is 6.08. The Morgan fingerprint density at radius 3 is 2.80 bits per heavy atom. The molecule has 0 aliphatic carbocycles. The maximum absolute atomic E-state index is 11.5. The van der Waals surface area contributed by atoms with Crippen LogP contribution in [0.2, 0.25) is 0 Å². The fraction of sp³-hybridized carbons (Fsp3) is 0.900. The lowest BCUT2D eigenvalue weighted by molar-refractivity contribution is -0.126. The molecule has 1 aliphatic rings. The van der Waals surface area contributed by atoms with E-state index in [2.05, 4.69) is 5.32 Å². The van der Waals surface area contributed by atoms with Gasteiger partial charge in [0.25, 0.3) is 0 Å². The monoisotopic (exact) mass is 216 g/mol. The number of carbonyl (C=O) groups excluding carboxylic acids is 1. The van der Waals surface area contributed by atoms with E-state index in [0.29, 0.717) is 26.4 Å². The molecule has 88 valence electrons. The summed E-state index contributed by atoms with van der Waals surface area (Å²) in [4.78, 5) is 11.5. The van der Waals surface area contributed by atoms with Crippen molar-refractivity contribution in [2.75, 3.05) is 26.4 Å². The summed E-state index contributed by atoms with van der Waals surface area (Å²) in [6.07, 6.45) is -0.0398. The summed E-state index contributed by atoms with van der Waals surface area (Å²) in [7, 11) is 0. The minimum Gasteiger partial charge on any atom is -0.376 e. The van der Waals surface area contributed by atoms with Gasteiger partial charge in [-0.15, -0.1) is 0 Å². The highest BCUT2D eigenvalue weighted by molar-refractivity contribution is 5.81. The molecule has 1 fully saturated rings. The lowest BCUT2D eigenvalue weighted by atomic mass is 10.1. The fourth-order valence-corrected chi connectivity index (χ4v) is 1.29. The number of nitrogens with two attached hydrogens (primary N) is 1. The number of rotatable bonds is 4. The van der Waals surface area contributed by atoms with Crippen LogP contribution >= 0.6 is 0 Å². The van der Waals surface area contributed by atoms with Gasteiger partial charge in [-0.3, -0.25) is 4.79 Å². The maximum atomic E-state index is 11.5. The molecule has 15 heavy (non-hydrogen) atoms. The molecule has 0 spiro atoms. The quantitative estimate of drug-likeness (QED) is 0.664. The third-order valence-electron chi connectivity index (χ3n) is 2.41. The van der Waals surface area contributed by atoms with Gasteiger partial charge in [0.05, 0.1) is 32.0 Å². The van der Waals surface area contributed by atoms with E-state index in [-0.39, 0.29) is 17.9 Å². The zero-order valence-corrected chi connectivity index (χ0v) is 9.36. The van der Waals surface area contributed by atoms with Crippen LogP contribution in [0, 0.1) is 5.92 Å². The average molecular weight is 216 g/mol. The predicted octanol–water partition coefficient (Wildman–Crippen LogP) is -0.499. The van der Waals surface area contributed by atoms with Crippen molar-refractivity contribution in [1.29, 1.82) is 0 Å². The standard InChI is InChI=1S/C10H20N2O3/c1-7(2)9(11)10(13)12-5-8-6-14-3-4-15-8/h7-9H,3-6,11H2,1-2H3,(H,12,13)/t8?,9-/m1/s1. The minimum atomic E-state index is -0.450. The smallest absolute Gasteiger partial charge is 0.237 e. The molecule has 1 unspecified atom stereocenters. The van der Waals surface area contributed by atoms with Crippen molar-refractivity contribution < 1.29 is 14.3 Å². The third-order valence-corrected chi connectivity index (χ3v) is 2.41. The SMILES string of the molecule is CC(C)[C@@H](N)C(=O)NCC1COCCO1. The van der Waals surface area contributed by atoms with Gasteiger partial charge in [-0.2, -0.15) is 0 Å². The van der Waals surface area contributed by atoms with E-state index in [1.54, 1.807) is 0 Å². The van der Waals surface area contributed by atoms with Crippen molar-refractivity contribution in [2.24, 2.45) is 11.7 Å². The number of ether oxygens (including phenoxy) is 2. The van der Waals surface area contributed by atoms with Gasteiger partial charge in [0, 0.05) is 6.54 Å². The number of hydrogen-bond donors (Lipinski definition) is 2. The van der Waals surface area contributed by atoms with E-state index in [9.17, 15) is 4.79 Å². The summed E-state index contributed by atoms with van der Waals surface area (Å²) in [5.74, 6) is 0.0210. The van der Waals surface area contributed by atoms with Gasteiger partial charge >= 0.3 is 0 Å². The Balaban J connectivity index is 2.20. The van der Waals surface area contributed by atoms with Gasteiger partial charge in [-0.05, 0) is 5.92 Å². The van der Waals surface area contributed by atoms with Crippen LogP contribution in [0.4, 0.5) is 0 Å². The first-order valence-corrected chi connectivity index (χ1v) is 5.34. The molecule has 1 heterocycles. The minimum absolute atomic E-state index is 0.0398. The zero-order chi connectivity index (χ0) is 11.3. The highest BCUT2D eigenvalue weighted by atomic mass is 16.6. The highest BCUT2D eigenvalue weighted by Crippen LogP contribution is 2.01. The molecule has 0 aromatic rings. The van der Waals surface area contributed by atoms with Gasteiger partial charge in [-0.1, -0.05) is 13.8 Å². The van der Waals surface area contributed by atoms with Crippen molar-refractivity contribution in [3.63, 3.8) is 0 Å². The zero-order valence-electron chi connectivity index (χ0n) is 9.36. The van der Waals surface area contributed by atoms with Crippen LogP contribution in [0.3, 0.4) is 0 Å². The van der Waals surface area contributed by atoms with E-state index < -0.39 is 6.04 Å². The molecule has 1 saturated heterocycles. The molecular weight excluding hydrogens is 196 g/mol. The van der Waals surface area contributed by atoms with Gasteiger partial charge in [0.2, 0.25) is 5.91 Å². The van der Waals surface area contributed by atoms with Gasteiger partial charge in [0.1, 0.15) is 0 Å². The van der Waals surface area contributed by atoms with Crippen molar-refractivity contribution in [1.82, 2.24) is 5.32 Å². The first-order chi connectivity index (χ1) is 7.11. The Kier molecular flexibility index (Phi) is 5.01. The predicted molar refractivity (Wildman–Crippen MR) is 56.4 cm³/mol. The summed E-state index contributed by atoms with van der Waals surface area (Å²) in [5, 5.41) is 2.76. The molecule has 0 aromatic carbocycles. The molecule has 0 aromatic heterocycles. The van der Waals surface area contributed by atoms with E-state index in [4.69, 9.17) is 15.2 Å². The van der Waals surface area contributed by atoms with Crippen LogP contribution in [-0.4, -0.2) is 44.4 Å². The largest absolute Gasteiger partial charge is 0.376 e. The molecular formula is C10H20N2O3. The number of nitrogens with one attached hydrogen (secondary N) is 1. The Morgan fingerprint density at radius 2 is 2.27 bits per heavy atom. The van der Waals surface area contributed by atoms with Crippen LogP contribution in [0.5, 0.6) is 0 Å².